The van der Waals surface area contributed by atoms with Crippen LogP contribution in [-0.2, 0) is 6.18 Å². The van der Waals surface area contributed by atoms with Crippen molar-refractivity contribution in [2.75, 3.05) is 6.54 Å². The first-order valence-electron chi connectivity index (χ1n) is 6.88. The quantitative estimate of drug-likeness (QED) is 0.757. The molecule has 116 valence electrons. The van der Waals surface area contributed by atoms with E-state index >= 15 is 0 Å². The Morgan fingerprint density at radius 3 is 2.48 bits per heavy atom. The van der Waals surface area contributed by atoms with E-state index in [0.717, 1.165) is 18.9 Å². The fourth-order valence-electron chi connectivity index (χ4n) is 2.15. The minimum absolute atomic E-state index is 0.0314. The largest absolute Gasteiger partial charge is 0.417 e. The maximum absolute atomic E-state index is 12.9. The summed E-state index contributed by atoms with van der Waals surface area (Å²) in [5, 5.41) is 0. The van der Waals surface area contributed by atoms with Gasteiger partial charge in [-0.2, -0.15) is 13.2 Å². The van der Waals surface area contributed by atoms with Crippen molar-refractivity contribution in [3.63, 3.8) is 0 Å². The van der Waals surface area contributed by atoms with Crippen molar-refractivity contribution < 1.29 is 18.0 Å². The second-order valence-electron chi connectivity index (χ2n) is 5.69. The van der Waals surface area contributed by atoms with Gasteiger partial charge in [-0.25, -0.2) is 0 Å². The van der Waals surface area contributed by atoms with E-state index in [9.17, 15) is 18.0 Å². The Bertz CT molecular complexity index is 538. The first kappa shape index (κ1) is 16.3. The van der Waals surface area contributed by atoms with Gasteiger partial charge < -0.3 is 4.90 Å². The molecule has 6 heteroatoms. The maximum Gasteiger partial charge on any atom is 0.417 e. The van der Waals surface area contributed by atoms with E-state index in [2.05, 4.69) is 15.9 Å². The fourth-order valence-corrected chi connectivity index (χ4v) is 2.62. The molecule has 0 N–H and O–H groups in total. The Labute approximate surface area is 130 Å². The molecular weight excluding hydrogens is 347 g/mol. The lowest BCUT2D eigenvalue weighted by Crippen LogP contribution is -2.38. The van der Waals surface area contributed by atoms with E-state index in [4.69, 9.17) is 0 Å². The first-order chi connectivity index (χ1) is 9.70. The summed E-state index contributed by atoms with van der Waals surface area (Å²) in [6.07, 6.45) is -2.30. The lowest BCUT2D eigenvalue weighted by atomic mass is 10.1. The molecule has 0 unspecified atom stereocenters. The van der Waals surface area contributed by atoms with Crippen LogP contribution in [0.4, 0.5) is 13.2 Å². The lowest BCUT2D eigenvalue weighted by molar-refractivity contribution is -0.138. The molecular formula is C15H17BrF3NO. The monoisotopic (exact) mass is 363 g/mol. The minimum Gasteiger partial charge on any atom is -0.336 e. The summed E-state index contributed by atoms with van der Waals surface area (Å²) in [5.74, 6) is 0.156. The van der Waals surface area contributed by atoms with Crippen LogP contribution in [0.5, 0.6) is 0 Å². The average Bonchev–Trinajstić information content (AvgIpc) is 3.18. The van der Waals surface area contributed by atoms with Crippen molar-refractivity contribution in [2.45, 2.75) is 38.9 Å². The van der Waals surface area contributed by atoms with Crippen molar-refractivity contribution in [3.8, 4) is 0 Å². The van der Waals surface area contributed by atoms with Crippen LogP contribution in [0.15, 0.2) is 22.7 Å². The Morgan fingerprint density at radius 2 is 2.00 bits per heavy atom. The van der Waals surface area contributed by atoms with Crippen molar-refractivity contribution in [2.24, 2.45) is 5.92 Å². The van der Waals surface area contributed by atoms with Gasteiger partial charge in [-0.05, 0) is 50.8 Å². The predicted octanol–water partition coefficient (Wildman–Crippen LogP) is 4.73. The molecule has 1 fully saturated rings. The molecule has 1 aromatic rings. The summed E-state index contributed by atoms with van der Waals surface area (Å²) in [7, 11) is 0. The number of nitrogens with zero attached hydrogens (tertiary/aromatic N) is 1. The van der Waals surface area contributed by atoms with Crippen LogP contribution < -0.4 is 0 Å². The van der Waals surface area contributed by atoms with Gasteiger partial charge in [0.1, 0.15) is 0 Å². The third-order valence-electron chi connectivity index (χ3n) is 3.55. The van der Waals surface area contributed by atoms with Gasteiger partial charge in [-0.3, -0.25) is 4.79 Å². The van der Waals surface area contributed by atoms with Gasteiger partial charge in [0, 0.05) is 22.6 Å². The summed E-state index contributed by atoms with van der Waals surface area (Å²) in [5.41, 5.74) is -0.733. The summed E-state index contributed by atoms with van der Waals surface area (Å²) in [6, 6.07) is 3.61. The Hall–Kier alpha value is -1.04. The average molecular weight is 364 g/mol. The molecule has 21 heavy (non-hydrogen) atoms. The van der Waals surface area contributed by atoms with Crippen molar-refractivity contribution in [1.82, 2.24) is 4.90 Å². The molecule has 0 atom stereocenters. The Balaban J connectivity index is 2.29. The number of benzene rings is 1. The highest BCUT2D eigenvalue weighted by Crippen LogP contribution is 2.36. The molecule has 0 saturated heterocycles. The van der Waals surface area contributed by atoms with Crippen LogP contribution in [0, 0.1) is 5.92 Å². The molecule has 1 amide bonds. The van der Waals surface area contributed by atoms with Crippen LogP contribution >= 0.6 is 15.9 Å². The number of alkyl halides is 3. The van der Waals surface area contributed by atoms with Crippen LogP contribution in [0.25, 0.3) is 0 Å². The zero-order chi connectivity index (χ0) is 15.8. The topological polar surface area (TPSA) is 20.3 Å². The molecule has 0 bridgehead atoms. The molecule has 0 aromatic heterocycles. The number of rotatable bonds is 4. The van der Waals surface area contributed by atoms with Gasteiger partial charge in [-0.15, -0.1) is 0 Å². The van der Waals surface area contributed by atoms with E-state index in [0.29, 0.717) is 12.5 Å². The van der Waals surface area contributed by atoms with Gasteiger partial charge in [-0.1, -0.05) is 15.9 Å². The zero-order valence-corrected chi connectivity index (χ0v) is 13.5. The van der Waals surface area contributed by atoms with Gasteiger partial charge in [0.2, 0.25) is 0 Å². The van der Waals surface area contributed by atoms with Crippen LogP contribution in [-0.4, -0.2) is 23.4 Å². The minimum atomic E-state index is -4.48. The molecule has 0 heterocycles. The standard InChI is InChI=1S/C15H17BrF3NO/c1-9(2)20(8-10-3-4-10)14(21)11-5-6-13(16)12(7-11)15(17,18)19/h5-7,9-10H,3-4,8H2,1-2H3. The Kier molecular flexibility index (Phi) is 4.66. The molecule has 1 aliphatic carbocycles. The van der Waals surface area contributed by atoms with Gasteiger partial charge in [0.15, 0.2) is 0 Å². The van der Waals surface area contributed by atoms with Gasteiger partial charge in [0.25, 0.3) is 5.91 Å². The van der Waals surface area contributed by atoms with Crippen molar-refractivity contribution in [1.29, 1.82) is 0 Å². The maximum atomic E-state index is 12.9. The number of amides is 1. The number of carbonyl (C=O) groups excluding carboxylic acids is 1. The van der Waals surface area contributed by atoms with E-state index in [-0.39, 0.29) is 22.0 Å². The fraction of sp³-hybridized carbons (Fsp3) is 0.533. The van der Waals surface area contributed by atoms with Crippen LogP contribution in [0.3, 0.4) is 0 Å². The first-order valence-corrected chi connectivity index (χ1v) is 7.67. The number of hydrogen-bond acceptors (Lipinski definition) is 1. The highest BCUT2D eigenvalue weighted by atomic mass is 79.9. The lowest BCUT2D eigenvalue weighted by Gasteiger charge is -2.27. The molecule has 2 rings (SSSR count). The van der Waals surface area contributed by atoms with Crippen LogP contribution in [0.1, 0.15) is 42.6 Å². The van der Waals surface area contributed by atoms with Gasteiger partial charge in [0.05, 0.1) is 5.56 Å². The number of halogens is 4. The van der Waals surface area contributed by atoms with E-state index in [1.807, 2.05) is 13.8 Å². The summed E-state index contributed by atoms with van der Waals surface area (Å²) >= 11 is 2.89. The number of hydrogen-bond donors (Lipinski definition) is 0. The predicted molar refractivity (Wildman–Crippen MR) is 78.0 cm³/mol. The summed E-state index contributed by atoms with van der Waals surface area (Å²) in [6.45, 7) is 4.38. The number of carbonyl (C=O) groups is 1. The molecule has 1 aliphatic rings. The summed E-state index contributed by atoms with van der Waals surface area (Å²) in [4.78, 5) is 14.1. The Morgan fingerprint density at radius 1 is 1.38 bits per heavy atom. The molecule has 0 aliphatic heterocycles. The summed E-state index contributed by atoms with van der Waals surface area (Å²) < 4.78 is 38.7. The molecule has 0 spiro atoms. The SMILES string of the molecule is CC(C)N(CC1CC1)C(=O)c1ccc(Br)c(C(F)(F)F)c1. The highest BCUT2D eigenvalue weighted by molar-refractivity contribution is 9.10. The van der Waals surface area contributed by atoms with E-state index in [1.54, 1.807) is 4.90 Å². The normalized spacial score (nSPS) is 15.4. The van der Waals surface area contributed by atoms with Crippen molar-refractivity contribution in [3.05, 3.63) is 33.8 Å². The molecule has 1 saturated carbocycles. The smallest absolute Gasteiger partial charge is 0.336 e. The van der Waals surface area contributed by atoms with Crippen LogP contribution in [0.2, 0.25) is 0 Å². The zero-order valence-electron chi connectivity index (χ0n) is 11.9. The van der Waals surface area contributed by atoms with E-state index in [1.165, 1.54) is 12.1 Å². The molecule has 2 nitrogen and oxygen atoms in total. The highest BCUT2D eigenvalue weighted by Gasteiger charge is 2.35. The van der Waals surface area contributed by atoms with Gasteiger partial charge >= 0.3 is 6.18 Å². The van der Waals surface area contributed by atoms with Crippen molar-refractivity contribution >= 4 is 21.8 Å². The molecule has 0 radical (unpaired) electrons. The third-order valence-corrected chi connectivity index (χ3v) is 4.25. The third kappa shape index (κ3) is 3.99. The molecule has 1 aromatic carbocycles. The second-order valence-corrected chi connectivity index (χ2v) is 6.54. The second kappa shape index (κ2) is 5.99. The van der Waals surface area contributed by atoms with E-state index < -0.39 is 11.7 Å².